The van der Waals surface area contributed by atoms with Gasteiger partial charge in [-0.25, -0.2) is 14.8 Å². The molecule has 84 valence electrons. The highest BCUT2D eigenvalue weighted by molar-refractivity contribution is 5.22. The van der Waals surface area contributed by atoms with Gasteiger partial charge in [-0.1, -0.05) is 0 Å². The maximum atomic E-state index is 11.5. The van der Waals surface area contributed by atoms with Gasteiger partial charge in [0.05, 0.1) is 12.2 Å². The molecule has 7 heteroatoms. The zero-order chi connectivity index (χ0) is 12.3. The summed E-state index contributed by atoms with van der Waals surface area (Å²) in [6.45, 7) is 0.173. The first-order valence-corrected chi connectivity index (χ1v) is 4.69. The Kier molecular flexibility index (Phi) is 2.79. The van der Waals surface area contributed by atoms with E-state index in [0.29, 0.717) is 5.69 Å². The van der Waals surface area contributed by atoms with Gasteiger partial charge in [-0.05, 0) is 6.07 Å². The molecule has 0 unspecified atom stereocenters. The first kappa shape index (κ1) is 10.8. The fourth-order valence-electron chi connectivity index (χ4n) is 1.29. The van der Waals surface area contributed by atoms with Crippen molar-refractivity contribution in [2.45, 2.75) is 6.54 Å². The van der Waals surface area contributed by atoms with Crippen molar-refractivity contribution in [3.8, 4) is 6.07 Å². The predicted octanol–water partition coefficient (Wildman–Crippen LogP) is -0.753. The standard InChI is InChI=1S/C10H7N5O2/c11-3-7-4-15(10(17)14-9(7)16)5-8-1-2-12-6-13-8/h1-2,4,6H,5H2,(H,14,16,17). The zero-order valence-corrected chi connectivity index (χ0v) is 8.62. The molecular weight excluding hydrogens is 222 g/mol. The molecular formula is C10H7N5O2. The van der Waals surface area contributed by atoms with Gasteiger partial charge >= 0.3 is 5.69 Å². The maximum absolute atomic E-state index is 11.5. The summed E-state index contributed by atoms with van der Waals surface area (Å²) in [4.78, 5) is 32.4. The summed E-state index contributed by atoms with van der Waals surface area (Å²) in [5, 5.41) is 8.69. The van der Waals surface area contributed by atoms with E-state index >= 15 is 0 Å². The average molecular weight is 229 g/mol. The lowest BCUT2D eigenvalue weighted by Crippen LogP contribution is -2.31. The third-order valence-corrected chi connectivity index (χ3v) is 2.11. The number of aromatic amines is 1. The Balaban J connectivity index is 2.44. The Labute approximate surface area is 95.0 Å². The number of nitrogens with one attached hydrogen (secondary N) is 1. The summed E-state index contributed by atoms with van der Waals surface area (Å²) >= 11 is 0. The van der Waals surface area contributed by atoms with Crippen molar-refractivity contribution in [2.24, 2.45) is 0 Å². The SMILES string of the molecule is N#Cc1cn(Cc2ccncn2)c(=O)[nH]c1=O. The molecule has 0 fully saturated rings. The second-order valence-corrected chi connectivity index (χ2v) is 3.24. The Bertz CT molecular complexity index is 680. The third-order valence-electron chi connectivity index (χ3n) is 2.11. The van der Waals surface area contributed by atoms with Crippen LogP contribution in [0, 0.1) is 11.3 Å². The van der Waals surface area contributed by atoms with E-state index in [2.05, 4.69) is 15.0 Å². The summed E-state index contributed by atoms with van der Waals surface area (Å²) in [6.07, 6.45) is 4.12. The van der Waals surface area contributed by atoms with Gasteiger partial charge < -0.3 is 0 Å². The monoisotopic (exact) mass is 229 g/mol. The minimum Gasteiger partial charge on any atom is -0.293 e. The highest BCUT2D eigenvalue weighted by Crippen LogP contribution is 1.94. The van der Waals surface area contributed by atoms with Gasteiger partial charge in [0.15, 0.2) is 0 Å². The van der Waals surface area contributed by atoms with E-state index in [0.717, 1.165) is 0 Å². The van der Waals surface area contributed by atoms with Crippen LogP contribution in [-0.4, -0.2) is 19.5 Å². The van der Waals surface area contributed by atoms with Crippen LogP contribution in [0.2, 0.25) is 0 Å². The molecule has 0 aliphatic carbocycles. The molecule has 0 amide bonds. The van der Waals surface area contributed by atoms with Gasteiger partial charge in [0.25, 0.3) is 5.56 Å². The molecule has 0 spiro atoms. The number of nitrogens with zero attached hydrogens (tertiary/aromatic N) is 4. The van der Waals surface area contributed by atoms with E-state index in [1.54, 1.807) is 18.3 Å². The molecule has 2 rings (SSSR count). The van der Waals surface area contributed by atoms with Crippen molar-refractivity contribution in [2.75, 3.05) is 0 Å². The third kappa shape index (κ3) is 2.26. The lowest BCUT2D eigenvalue weighted by molar-refractivity contribution is 0.700. The summed E-state index contributed by atoms with van der Waals surface area (Å²) in [5.74, 6) is 0. The van der Waals surface area contributed by atoms with E-state index in [-0.39, 0.29) is 12.1 Å². The van der Waals surface area contributed by atoms with Crippen LogP contribution in [0.4, 0.5) is 0 Å². The van der Waals surface area contributed by atoms with Crippen molar-refractivity contribution >= 4 is 0 Å². The molecule has 17 heavy (non-hydrogen) atoms. The number of nitriles is 1. The average Bonchev–Trinajstić information content (AvgIpc) is 2.34. The van der Waals surface area contributed by atoms with Crippen molar-refractivity contribution < 1.29 is 0 Å². The van der Waals surface area contributed by atoms with Crippen molar-refractivity contribution in [3.63, 3.8) is 0 Å². The minimum absolute atomic E-state index is 0.112. The van der Waals surface area contributed by atoms with E-state index in [1.165, 1.54) is 17.1 Å². The number of hydrogen-bond donors (Lipinski definition) is 1. The molecule has 0 radical (unpaired) electrons. The number of H-pyrrole nitrogens is 1. The van der Waals surface area contributed by atoms with Crippen molar-refractivity contribution in [3.05, 3.63) is 56.9 Å². The number of hydrogen-bond acceptors (Lipinski definition) is 5. The molecule has 7 nitrogen and oxygen atoms in total. The lowest BCUT2D eigenvalue weighted by atomic mass is 10.3. The number of rotatable bonds is 2. The van der Waals surface area contributed by atoms with E-state index in [4.69, 9.17) is 5.26 Å². The first-order chi connectivity index (χ1) is 8.20. The van der Waals surface area contributed by atoms with Crippen molar-refractivity contribution in [1.29, 1.82) is 5.26 Å². The molecule has 1 N–H and O–H groups in total. The normalized spacial score (nSPS) is 9.82. The van der Waals surface area contributed by atoms with Gasteiger partial charge in [0.2, 0.25) is 0 Å². The lowest BCUT2D eigenvalue weighted by Gasteiger charge is -2.03. The van der Waals surface area contributed by atoms with Gasteiger partial charge in [-0.2, -0.15) is 5.26 Å². The van der Waals surface area contributed by atoms with Crippen LogP contribution in [-0.2, 0) is 6.54 Å². The summed E-state index contributed by atoms with van der Waals surface area (Å²) in [6, 6.07) is 3.35. The Hall–Kier alpha value is -2.75. The summed E-state index contributed by atoms with van der Waals surface area (Å²) < 4.78 is 1.21. The molecule has 2 aromatic heterocycles. The Morgan fingerprint density at radius 3 is 2.94 bits per heavy atom. The quantitative estimate of drug-likeness (QED) is 0.729. The van der Waals surface area contributed by atoms with E-state index in [9.17, 15) is 9.59 Å². The van der Waals surface area contributed by atoms with Crippen LogP contribution in [0.3, 0.4) is 0 Å². The Morgan fingerprint density at radius 1 is 1.47 bits per heavy atom. The predicted molar refractivity (Wildman–Crippen MR) is 57.2 cm³/mol. The largest absolute Gasteiger partial charge is 0.328 e. The van der Waals surface area contributed by atoms with Gasteiger partial charge in [0, 0.05) is 12.4 Å². The molecule has 2 aromatic rings. The van der Waals surface area contributed by atoms with Crippen LogP contribution in [0.5, 0.6) is 0 Å². The van der Waals surface area contributed by atoms with E-state index in [1.807, 2.05) is 0 Å². The van der Waals surface area contributed by atoms with Crippen LogP contribution >= 0.6 is 0 Å². The highest BCUT2D eigenvalue weighted by Gasteiger charge is 2.04. The first-order valence-electron chi connectivity index (χ1n) is 4.69. The second kappa shape index (κ2) is 4.40. The van der Waals surface area contributed by atoms with Crippen LogP contribution in [0.25, 0.3) is 0 Å². The maximum Gasteiger partial charge on any atom is 0.328 e. The molecule has 0 aromatic carbocycles. The second-order valence-electron chi connectivity index (χ2n) is 3.24. The van der Waals surface area contributed by atoms with Gasteiger partial charge in [-0.3, -0.25) is 14.3 Å². The molecule has 2 heterocycles. The van der Waals surface area contributed by atoms with E-state index < -0.39 is 11.2 Å². The molecule has 0 aliphatic rings. The molecule has 0 saturated carbocycles. The fraction of sp³-hybridized carbons (Fsp3) is 0.100. The van der Waals surface area contributed by atoms with Crippen molar-refractivity contribution in [1.82, 2.24) is 19.5 Å². The van der Waals surface area contributed by atoms with Gasteiger partial charge in [-0.15, -0.1) is 0 Å². The van der Waals surface area contributed by atoms with Crippen LogP contribution in [0.15, 0.2) is 34.4 Å². The Morgan fingerprint density at radius 2 is 2.29 bits per heavy atom. The minimum atomic E-state index is -0.684. The molecule has 0 saturated heterocycles. The van der Waals surface area contributed by atoms with Crippen LogP contribution < -0.4 is 11.2 Å². The molecule has 0 bridgehead atoms. The number of aromatic nitrogens is 4. The summed E-state index contributed by atoms with van der Waals surface area (Å²) in [5.41, 5.74) is -0.763. The summed E-state index contributed by atoms with van der Waals surface area (Å²) in [7, 11) is 0. The van der Waals surface area contributed by atoms with Gasteiger partial charge in [0.1, 0.15) is 18.0 Å². The topological polar surface area (TPSA) is 104 Å². The van der Waals surface area contributed by atoms with Crippen LogP contribution in [0.1, 0.15) is 11.3 Å². The smallest absolute Gasteiger partial charge is 0.293 e. The molecule has 0 atom stereocenters. The zero-order valence-electron chi connectivity index (χ0n) is 8.62. The fourth-order valence-corrected chi connectivity index (χ4v) is 1.29. The molecule has 0 aliphatic heterocycles. The highest BCUT2D eigenvalue weighted by atomic mass is 16.2.